The lowest BCUT2D eigenvalue weighted by Crippen LogP contribution is -2.00. The van der Waals surface area contributed by atoms with Crippen LogP contribution in [-0.2, 0) is 4.79 Å². The molecule has 0 aromatic heterocycles. The summed E-state index contributed by atoms with van der Waals surface area (Å²) in [6.07, 6.45) is 3.57. The highest BCUT2D eigenvalue weighted by molar-refractivity contribution is 5.94. The smallest absolute Gasteiger partial charge is 0.331 e. The van der Waals surface area contributed by atoms with Gasteiger partial charge in [-0.25, -0.2) is 4.79 Å². The summed E-state index contributed by atoms with van der Waals surface area (Å²) >= 11 is 0. The number of aldehydes is 1. The zero-order valence-electron chi connectivity index (χ0n) is 9.14. The maximum absolute atomic E-state index is 10.9. The summed E-state index contributed by atoms with van der Waals surface area (Å²) in [6, 6.07) is 6.94. The Hall–Kier alpha value is -1.90. The fourth-order valence-electron chi connectivity index (χ4n) is 1.45. The van der Waals surface area contributed by atoms with E-state index in [9.17, 15) is 9.59 Å². The van der Waals surface area contributed by atoms with E-state index >= 15 is 0 Å². The number of carboxylic acid groups (broad SMARTS) is 1. The third kappa shape index (κ3) is 3.05. The average molecular weight is 218 g/mol. The van der Waals surface area contributed by atoms with E-state index in [0.717, 1.165) is 12.7 Å². The number of carbonyl (C=O) groups excluding carboxylic acids is 1. The third-order valence-corrected chi connectivity index (χ3v) is 2.25. The van der Waals surface area contributed by atoms with Crippen LogP contribution in [0.3, 0.4) is 0 Å². The number of aliphatic carboxylic acids is 1. The maximum atomic E-state index is 10.9. The Morgan fingerprint density at radius 1 is 1.31 bits per heavy atom. The minimum Gasteiger partial charge on any atom is -0.478 e. The summed E-state index contributed by atoms with van der Waals surface area (Å²) in [4.78, 5) is 21.7. The van der Waals surface area contributed by atoms with Crippen LogP contribution in [0.25, 0.3) is 6.08 Å². The summed E-state index contributed by atoms with van der Waals surface area (Å²) in [5.41, 5.74) is 1.50. The van der Waals surface area contributed by atoms with Crippen LogP contribution >= 0.6 is 0 Å². The molecule has 84 valence electrons. The van der Waals surface area contributed by atoms with Gasteiger partial charge in [-0.15, -0.1) is 0 Å². The SMILES string of the molecule is CCC/C(=C\c1ccccc1C=O)C(=O)O. The van der Waals surface area contributed by atoms with Gasteiger partial charge in [0.05, 0.1) is 0 Å². The molecule has 1 N–H and O–H groups in total. The highest BCUT2D eigenvalue weighted by Gasteiger charge is 2.07. The number of carbonyl (C=O) groups is 2. The van der Waals surface area contributed by atoms with E-state index in [1.54, 1.807) is 30.3 Å². The summed E-state index contributed by atoms with van der Waals surface area (Å²) in [5.74, 6) is -0.928. The minimum atomic E-state index is -0.928. The van der Waals surface area contributed by atoms with Gasteiger partial charge in [0.1, 0.15) is 0 Å². The zero-order valence-corrected chi connectivity index (χ0v) is 9.14. The van der Waals surface area contributed by atoms with Crippen molar-refractivity contribution in [1.29, 1.82) is 0 Å². The largest absolute Gasteiger partial charge is 0.478 e. The molecule has 1 aromatic carbocycles. The standard InChI is InChI=1S/C13H14O3/c1-2-5-11(13(15)16)8-10-6-3-4-7-12(10)9-14/h3-4,6-9H,2,5H2,1H3,(H,15,16)/b11-8+. The van der Waals surface area contributed by atoms with Crippen molar-refractivity contribution in [3.05, 3.63) is 41.0 Å². The number of rotatable bonds is 5. The molecule has 0 saturated carbocycles. The van der Waals surface area contributed by atoms with E-state index < -0.39 is 5.97 Å². The molecule has 16 heavy (non-hydrogen) atoms. The number of benzene rings is 1. The third-order valence-electron chi connectivity index (χ3n) is 2.25. The molecule has 0 saturated heterocycles. The van der Waals surface area contributed by atoms with Crippen LogP contribution < -0.4 is 0 Å². The first-order valence-corrected chi connectivity index (χ1v) is 5.17. The second-order valence-corrected chi connectivity index (χ2v) is 3.47. The molecule has 0 radical (unpaired) electrons. The molecule has 3 nitrogen and oxygen atoms in total. The molecule has 0 fully saturated rings. The summed E-state index contributed by atoms with van der Waals surface area (Å²) in [5, 5.41) is 8.97. The lowest BCUT2D eigenvalue weighted by Gasteiger charge is -2.02. The highest BCUT2D eigenvalue weighted by atomic mass is 16.4. The van der Waals surface area contributed by atoms with Gasteiger partial charge in [-0.1, -0.05) is 37.6 Å². The molecule has 0 aliphatic heterocycles. The Morgan fingerprint density at radius 2 is 1.94 bits per heavy atom. The zero-order chi connectivity index (χ0) is 12.0. The van der Waals surface area contributed by atoms with Crippen LogP contribution in [0.5, 0.6) is 0 Å². The molecule has 0 atom stereocenters. The van der Waals surface area contributed by atoms with Gasteiger partial charge in [-0.05, 0) is 18.1 Å². The van der Waals surface area contributed by atoms with Gasteiger partial charge in [0.25, 0.3) is 0 Å². The highest BCUT2D eigenvalue weighted by Crippen LogP contribution is 2.14. The molecular weight excluding hydrogens is 204 g/mol. The molecule has 1 rings (SSSR count). The van der Waals surface area contributed by atoms with Gasteiger partial charge in [0, 0.05) is 11.1 Å². The van der Waals surface area contributed by atoms with Crippen LogP contribution in [0.2, 0.25) is 0 Å². The molecule has 1 aromatic rings. The molecule has 0 amide bonds. The monoisotopic (exact) mass is 218 g/mol. The predicted octanol–water partition coefficient (Wildman–Crippen LogP) is 2.77. The maximum Gasteiger partial charge on any atom is 0.331 e. The van der Waals surface area contributed by atoms with Crippen molar-refractivity contribution in [2.45, 2.75) is 19.8 Å². The lowest BCUT2D eigenvalue weighted by atomic mass is 10.0. The van der Waals surface area contributed by atoms with Crippen molar-refractivity contribution < 1.29 is 14.7 Å². The average Bonchev–Trinajstić information content (AvgIpc) is 2.29. The Morgan fingerprint density at radius 3 is 2.44 bits per heavy atom. The fraction of sp³-hybridized carbons (Fsp3) is 0.231. The first-order chi connectivity index (χ1) is 7.69. The lowest BCUT2D eigenvalue weighted by molar-refractivity contribution is -0.132. The van der Waals surface area contributed by atoms with Gasteiger partial charge < -0.3 is 5.11 Å². The Balaban J connectivity index is 3.11. The molecule has 0 spiro atoms. The van der Waals surface area contributed by atoms with E-state index in [0.29, 0.717) is 23.1 Å². The molecule has 3 heteroatoms. The van der Waals surface area contributed by atoms with Crippen LogP contribution in [0.1, 0.15) is 35.7 Å². The van der Waals surface area contributed by atoms with E-state index in [1.165, 1.54) is 0 Å². The Kier molecular flexibility index (Phi) is 4.45. The molecule has 0 heterocycles. The van der Waals surface area contributed by atoms with Crippen molar-refractivity contribution in [3.63, 3.8) is 0 Å². The molecule has 0 aliphatic carbocycles. The minimum absolute atomic E-state index is 0.330. The van der Waals surface area contributed by atoms with E-state index in [2.05, 4.69) is 0 Å². The van der Waals surface area contributed by atoms with Crippen molar-refractivity contribution >= 4 is 18.3 Å². The van der Waals surface area contributed by atoms with Crippen molar-refractivity contribution in [2.24, 2.45) is 0 Å². The van der Waals surface area contributed by atoms with Gasteiger partial charge in [-0.3, -0.25) is 4.79 Å². The van der Waals surface area contributed by atoms with Crippen molar-refractivity contribution in [2.75, 3.05) is 0 Å². The quantitative estimate of drug-likeness (QED) is 0.610. The number of hydrogen-bond donors (Lipinski definition) is 1. The fourth-order valence-corrected chi connectivity index (χ4v) is 1.45. The first-order valence-electron chi connectivity index (χ1n) is 5.17. The number of hydrogen-bond acceptors (Lipinski definition) is 2. The van der Waals surface area contributed by atoms with E-state index in [-0.39, 0.29) is 0 Å². The van der Waals surface area contributed by atoms with Crippen LogP contribution in [-0.4, -0.2) is 17.4 Å². The van der Waals surface area contributed by atoms with Gasteiger partial charge in [0.2, 0.25) is 0 Å². The van der Waals surface area contributed by atoms with Crippen LogP contribution in [0.4, 0.5) is 0 Å². The van der Waals surface area contributed by atoms with Crippen molar-refractivity contribution in [1.82, 2.24) is 0 Å². The number of carboxylic acids is 1. The second-order valence-electron chi connectivity index (χ2n) is 3.47. The van der Waals surface area contributed by atoms with Crippen LogP contribution in [0, 0.1) is 0 Å². The Bertz CT molecular complexity index is 419. The molecule has 0 aliphatic rings. The molecule has 0 bridgehead atoms. The summed E-state index contributed by atoms with van der Waals surface area (Å²) in [7, 11) is 0. The normalized spacial score (nSPS) is 11.2. The van der Waals surface area contributed by atoms with Gasteiger partial charge >= 0.3 is 5.97 Å². The van der Waals surface area contributed by atoms with E-state index in [4.69, 9.17) is 5.11 Å². The van der Waals surface area contributed by atoms with Gasteiger partial charge in [-0.2, -0.15) is 0 Å². The molecular formula is C13H14O3. The Labute approximate surface area is 94.4 Å². The predicted molar refractivity (Wildman–Crippen MR) is 62.4 cm³/mol. The van der Waals surface area contributed by atoms with Crippen LogP contribution in [0.15, 0.2) is 29.8 Å². The second kappa shape index (κ2) is 5.85. The topological polar surface area (TPSA) is 54.4 Å². The summed E-state index contributed by atoms with van der Waals surface area (Å²) in [6.45, 7) is 1.92. The van der Waals surface area contributed by atoms with E-state index in [1.807, 2.05) is 6.92 Å². The molecule has 0 unspecified atom stereocenters. The summed E-state index contributed by atoms with van der Waals surface area (Å²) < 4.78 is 0. The van der Waals surface area contributed by atoms with Crippen molar-refractivity contribution in [3.8, 4) is 0 Å². The first kappa shape index (κ1) is 12.2. The van der Waals surface area contributed by atoms with Gasteiger partial charge in [0.15, 0.2) is 6.29 Å².